The van der Waals surface area contributed by atoms with Gasteiger partial charge in [-0.15, -0.1) is 12.4 Å². The number of nitrogens with zero attached hydrogens (tertiary/aromatic N) is 5. The fourth-order valence-corrected chi connectivity index (χ4v) is 3.32. The van der Waals surface area contributed by atoms with Gasteiger partial charge in [-0.3, -0.25) is 4.79 Å². The van der Waals surface area contributed by atoms with Gasteiger partial charge in [-0.05, 0) is 13.0 Å². The lowest BCUT2D eigenvalue weighted by Gasteiger charge is -2.28. The number of carbonyl (C=O) groups excluding carboxylic acids is 1. The van der Waals surface area contributed by atoms with Gasteiger partial charge < -0.3 is 25.1 Å². The van der Waals surface area contributed by atoms with Crippen LogP contribution in [-0.2, 0) is 0 Å². The van der Waals surface area contributed by atoms with Crippen LogP contribution in [0, 0.1) is 12.7 Å². The highest BCUT2D eigenvalue weighted by Gasteiger charge is 2.25. The van der Waals surface area contributed by atoms with Crippen molar-refractivity contribution < 1.29 is 13.9 Å². The molecule has 0 spiro atoms. The zero-order valence-electron chi connectivity index (χ0n) is 16.0. The van der Waals surface area contributed by atoms with Crippen molar-refractivity contribution in [3.05, 3.63) is 35.5 Å². The van der Waals surface area contributed by atoms with Crippen LogP contribution in [0.15, 0.2) is 18.5 Å². The van der Waals surface area contributed by atoms with Crippen LogP contribution in [0.4, 0.5) is 10.3 Å². The number of nitrogens with two attached hydrogens (primary N) is 1. The van der Waals surface area contributed by atoms with Gasteiger partial charge in [0, 0.05) is 44.1 Å². The molecular weight excluding hydrogens is 401 g/mol. The molecule has 3 aromatic rings. The smallest absolute Gasteiger partial charge is 0.256 e. The van der Waals surface area contributed by atoms with Crippen LogP contribution in [0.3, 0.4) is 0 Å². The predicted molar refractivity (Wildman–Crippen MR) is 108 cm³/mol. The van der Waals surface area contributed by atoms with Gasteiger partial charge >= 0.3 is 0 Å². The van der Waals surface area contributed by atoms with E-state index in [1.54, 1.807) is 23.7 Å². The van der Waals surface area contributed by atoms with E-state index in [0.29, 0.717) is 30.3 Å². The van der Waals surface area contributed by atoms with Gasteiger partial charge in [0.25, 0.3) is 5.91 Å². The van der Waals surface area contributed by atoms with E-state index in [0.717, 1.165) is 13.1 Å². The first kappa shape index (κ1) is 20.7. The highest BCUT2D eigenvalue weighted by molar-refractivity contribution is 6.01. The number of piperazine rings is 1. The molecule has 11 heteroatoms. The standard InChI is InChI=1S/C18H20FN7O2.ClH/c1-10-8-26-9-11(7-12(19)16(26)22-10)14-13(15(20)27)17(28-2)24-18(23-14)25-5-3-21-4-6-25;/h7-9,21H,3-6H2,1-2H3,(H2,20,27);1H. The number of carbonyl (C=O) groups is 1. The number of methoxy groups -OCH3 is 1. The van der Waals surface area contributed by atoms with Crippen molar-refractivity contribution in [2.24, 2.45) is 5.73 Å². The lowest BCUT2D eigenvalue weighted by Crippen LogP contribution is -2.44. The number of halogens is 2. The number of ether oxygens (including phenoxy) is 1. The Morgan fingerprint density at radius 3 is 2.62 bits per heavy atom. The Hall–Kier alpha value is -2.98. The number of nitrogens with one attached hydrogen (secondary N) is 1. The van der Waals surface area contributed by atoms with E-state index in [1.807, 2.05) is 4.90 Å². The number of hydrogen-bond acceptors (Lipinski definition) is 7. The highest BCUT2D eigenvalue weighted by Crippen LogP contribution is 2.31. The number of anilines is 1. The molecule has 154 valence electrons. The molecule has 9 nitrogen and oxygen atoms in total. The molecule has 4 rings (SSSR count). The number of rotatable bonds is 4. The second kappa shape index (κ2) is 8.18. The van der Waals surface area contributed by atoms with Gasteiger partial charge in [0.1, 0.15) is 5.56 Å². The van der Waals surface area contributed by atoms with E-state index in [4.69, 9.17) is 10.5 Å². The molecule has 3 N–H and O–H groups in total. The zero-order chi connectivity index (χ0) is 19.8. The van der Waals surface area contributed by atoms with E-state index in [1.165, 1.54) is 13.2 Å². The molecule has 1 saturated heterocycles. The molecule has 0 aliphatic carbocycles. The van der Waals surface area contributed by atoms with Crippen molar-refractivity contribution in [2.45, 2.75) is 6.92 Å². The van der Waals surface area contributed by atoms with Gasteiger partial charge in [-0.1, -0.05) is 0 Å². The van der Waals surface area contributed by atoms with E-state index in [9.17, 15) is 9.18 Å². The number of fused-ring (bicyclic) bond motifs is 1. The molecule has 3 aromatic heterocycles. The molecule has 29 heavy (non-hydrogen) atoms. The van der Waals surface area contributed by atoms with Crippen molar-refractivity contribution in [2.75, 3.05) is 38.2 Å². The average Bonchev–Trinajstić information content (AvgIpc) is 3.08. The molecule has 1 aliphatic heterocycles. The Balaban J connectivity index is 0.00000240. The maximum atomic E-state index is 14.6. The van der Waals surface area contributed by atoms with Crippen LogP contribution in [0.2, 0.25) is 0 Å². The average molecular weight is 422 g/mol. The first-order valence-corrected chi connectivity index (χ1v) is 8.84. The van der Waals surface area contributed by atoms with Gasteiger partial charge in [0.05, 0.1) is 18.5 Å². The molecular formula is C18H21ClFN7O2. The van der Waals surface area contributed by atoms with Gasteiger partial charge in [0.15, 0.2) is 11.5 Å². The molecule has 0 radical (unpaired) electrons. The van der Waals surface area contributed by atoms with Crippen molar-refractivity contribution in [3.8, 4) is 17.1 Å². The highest BCUT2D eigenvalue weighted by atomic mass is 35.5. The van der Waals surface area contributed by atoms with Crippen molar-refractivity contribution in [1.82, 2.24) is 24.7 Å². The van der Waals surface area contributed by atoms with Crippen LogP contribution in [0.25, 0.3) is 16.9 Å². The summed E-state index contributed by atoms with van der Waals surface area (Å²) in [5, 5.41) is 3.26. The predicted octanol–water partition coefficient (Wildman–Crippen LogP) is 1.18. The molecule has 0 unspecified atom stereocenters. The number of imidazole rings is 1. The van der Waals surface area contributed by atoms with Crippen LogP contribution in [0.5, 0.6) is 5.88 Å². The number of amides is 1. The first-order chi connectivity index (χ1) is 13.5. The molecule has 0 bridgehead atoms. The van der Waals surface area contributed by atoms with E-state index < -0.39 is 11.7 Å². The number of hydrogen-bond donors (Lipinski definition) is 2. The monoisotopic (exact) mass is 421 g/mol. The Bertz CT molecular complexity index is 1070. The number of primary amides is 1. The van der Waals surface area contributed by atoms with Crippen LogP contribution < -0.4 is 20.7 Å². The molecule has 1 amide bonds. The van der Waals surface area contributed by atoms with Crippen LogP contribution in [-0.4, -0.2) is 58.5 Å². The molecule has 4 heterocycles. The van der Waals surface area contributed by atoms with E-state index in [-0.39, 0.29) is 35.2 Å². The van der Waals surface area contributed by atoms with Gasteiger partial charge in [-0.2, -0.15) is 4.98 Å². The quantitative estimate of drug-likeness (QED) is 0.650. The van der Waals surface area contributed by atoms with Crippen molar-refractivity contribution >= 4 is 29.9 Å². The van der Waals surface area contributed by atoms with Crippen molar-refractivity contribution in [1.29, 1.82) is 0 Å². The fourth-order valence-electron chi connectivity index (χ4n) is 3.32. The normalized spacial score (nSPS) is 14.0. The Morgan fingerprint density at radius 1 is 1.24 bits per heavy atom. The van der Waals surface area contributed by atoms with E-state index in [2.05, 4.69) is 20.3 Å². The number of aromatic nitrogens is 4. The molecule has 1 aliphatic rings. The second-order valence-corrected chi connectivity index (χ2v) is 6.55. The summed E-state index contributed by atoms with van der Waals surface area (Å²) in [7, 11) is 1.41. The molecule has 0 aromatic carbocycles. The summed E-state index contributed by atoms with van der Waals surface area (Å²) in [6.07, 6.45) is 3.36. The third-order valence-electron chi connectivity index (χ3n) is 4.60. The Labute approximate surface area is 172 Å². The fraction of sp³-hybridized carbons (Fsp3) is 0.333. The summed E-state index contributed by atoms with van der Waals surface area (Å²) in [6, 6.07) is 1.29. The molecule has 0 atom stereocenters. The summed E-state index contributed by atoms with van der Waals surface area (Å²) >= 11 is 0. The van der Waals surface area contributed by atoms with Crippen molar-refractivity contribution in [3.63, 3.8) is 0 Å². The Kier molecular flexibility index (Phi) is 5.85. The lowest BCUT2D eigenvalue weighted by molar-refractivity contribution is 0.0997. The second-order valence-electron chi connectivity index (χ2n) is 6.55. The summed E-state index contributed by atoms with van der Waals surface area (Å²) in [5.74, 6) is -0.808. The third-order valence-corrected chi connectivity index (χ3v) is 4.60. The lowest BCUT2D eigenvalue weighted by atomic mass is 10.1. The topological polar surface area (TPSA) is 111 Å². The number of pyridine rings is 1. The van der Waals surface area contributed by atoms with Gasteiger partial charge in [-0.25, -0.2) is 14.4 Å². The molecule has 0 saturated carbocycles. The Morgan fingerprint density at radius 2 is 1.97 bits per heavy atom. The molecule has 1 fully saturated rings. The van der Waals surface area contributed by atoms with E-state index >= 15 is 0 Å². The minimum absolute atomic E-state index is 0. The third kappa shape index (κ3) is 3.81. The minimum Gasteiger partial charge on any atom is -0.480 e. The zero-order valence-corrected chi connectivity index (χ0v) is 16.8. The summed E-state index contributed by atoms with van der Waals surface area (Å²) in [4.78, 5) is 27.2. The SMILES string of the molecule is COc1nc(N2CCNCC2)nc(-c2cc(F)c3nc(C)cn3c2)c1C(N)=O.Cl. The number of aryl methyl sites for hydroxylation is 1. The summed E-state index contributed by atoms with van der Waals surface area (Å²) in [5.41, 5.74) is 7.07. The maximum absolute atomic E-state index is 14.6. The largest absolute Gasteiger partial charge is 0.480 e. The maximum Gasteiger partial charge on any atom is 0.256 e. The van der Waals surface area contributed by atoms with Crippen LogP contribution >= 0.6 is 12.4 Å². The summed E-state index contributed by atoms with van der Waals surface area (Å²) < 4.78 is 21.5. The minimum atomic E-state index is -0.749. The van der Waals surface area contributed by atoms with Crippen LogP contribution in [0.1, 0.15) is 16.1 Å². The first-order valence-electron chi connectivity index (χ1n) is 8.84. The summed E-state index contributed by atoms with van der Waals surface area (Å²) in [6.45, 7) is 4.75. The van der Waals surface area contributed by atoms with Gasteiger partial charge in [0.2, 0.25) is 11.8 Å².